The van der Waals surface area contributed by atoms with Crippen LogP contribution in [-0.2, 0) is 0 Å². The van der Waals surface area contributed by atoms with Gasteiger partial charge < -0.3 is 10.1 Å². The molecule has 1 unspecified atom stereocenters. The highest BCUT2D eigenvalue weighted by Gasteiger charge is 2.21. The minimum Gasteiger partial charge on any atom is -0.489 e. The Hall–Kier alpha value is -0.730. The molecule has 1 atom stereocenters. The van der Waals surface area contributed by atoms with E-state index >= 15 is 0 Å². The van der Waals surface area contributed by atoms with Gasteiger partial charge in [0.2, 0.25) is 0 Å². The number of ether oxygens (including phenoxy) is 1. The molecule has 1 aromatic carbocycles. The van der Waals surface area contributed by atoms with Gasteiger partial charge in [-0.3, -0.25) is 0 Å². The molecule has 0 radical (unpaired) electrons. The first-order chi connectivity index (χ1) is 7.65. The lowest BCUT2D eigenvalue weighted by atomic mass is 10.2. The van der Waals surface area contributed by atoms with Gasteiger partial charge in [-0.25, -0.2) is 0 Å². The van der Waals surface area contributed by atoms with E-state index < -0.39 is 0 Å². The topological polar surface area (TPSA) is 21.3 Å². The van der Waals surface area contributed by atoms with E-state index in [1.165, 1.54) is 12.8 Å². The molecule has 1 aliphatic rings. The quantitative estimate of drug-likeness (QED) is 0.852. The first-order valence-corrected chi connectivity index (χ1v) is 6.19. The predicted octanol–water partition coefficient (Wildman–Crippen LogP) is 3.17. The third kappa shape index (κ3) is 3.39. The minimum atomic E-state index is 0.178. The second-order valence-corrected chi connectivity index (χ2v) is 4.96. The number of nitrogens with one attached hydrogen (secondary N) is 1. The molecule has 1 saturated carbocycles. The van der Waals surface area contributed by atoms with Crippen LogP contribution in [0.3, 0.4) is 0 Å². The molecule has 1 N–H and O–H groups in total. The van der Waals surface area contributed by atoms with Crippen LogP contribution in [0.1, 0.15) is 25.3 Å². The first-order valence-electron chi connectivity index (χ1n) is 5.81. The van der Waals surface area contributed by atoms with E-state index in [1.807, 2.05) is 25.1 Å². The molecule has 0 heterocycles. The largest absolute Gasteiger partial charge is 0.489 e. The standard InChI is InChI=1S/C13H18ClNO/c1-9-3-4-11(14)7-13(9)16-10(2)8-15-12-5-6-12/h3-4,7,10,12,15H,5-6,8H2,1-2H3. The van der Waals surface area contributed by atoms with Gasteiger partial charge in [0, 0.05) is 17.6 Å². The number of hydrogen-bond acceptors (Lipinski definition) is 2. The molecule has 0 aliphatic heterocycles. The summed E-state index contributed by atoms with van der Waals surface area (Å²) in [5.41, 5.74) is 1.13. The molecule has 1 fully saturated rings. The molecule has 0 amide bonds. The number of rotatable bonds is 5. The molecular weight excluding hydrogens is 222 g/mol. The Balaban J connectivity index is 1.88. The van der Waals surface area contributed by atoms with E-state index in [0.29, 0.717) is 0 Å². The molecular formula is C13H18ClNO. The predicted molar refractivity (Wildman–Crippen MR) is 67.3 cm³/mol. The van der Waals surface area contributed by atoms with Gasteiger partial charge in [-0.2, -0.15) is 0 Å². The van der Waals surface area contributed by atoms with Crippen molar-refractivity contribution >= 4 is 11.6 Å². The summed E-state index contributed by atoms with van der Waals surface area (Å²) in [5.74, 6) is 0.887. The highest BCUT2D eigenvalue weighted by molar-refractivity contribution is 6.30. The SMILES string of the molecule is Cc1ccc(Cl)cc1OC(C)CNC1CC1. The summed E-state index contributed by atoms with van der Waals surface area (Å²) >= 11 is 5.94. The van der Waals surface area contributed by atoms with Gasteiger partial charge in [0.15, 0.2) is 0 Å². The maximum Gasteiger partial charge on any atom is 0.124 e. The van der Waals surface area contributed by atoms with E-state index in [2.05, 4.69) is 12.2 Å². The fraction of sp³-hybridized carbons (Fsp3) is 0.538. The summed E-state index contributed by atoms with van der Waals surface area (Å²) in [7, 11) is 0. The van der Waals surface area contributed by atoms with Crippen molar-refractivity contribution in [2.24, 2.45) is 0 Å². The highest BCUT2D eigenvalue weighted by Crippen LogP contribution is 2.24. The maximum absolute atomic E-state index is 5.94. The zero-order valence-corrected chi connectivity index (χ0v) is 10.6. The lowest BCUT2D eigenvalue weighted by Crippen LogP contribution is -2.30. The molecule has 0 saturated heterocycles. The molecule has 88 valence electrons. The Morgan fingerprint density at radius 2 is 2.25 bits per heavy atom. The molecule has 2 rings (SSSR count). The highest BCUT2D eigenvalue weighted by atomic mass is 35.5. The summed E-state index contributed by atoms with van der Waals surface area (Å²) in [6, 6.07) is 6.48. The maximum atomic E-state index is 5.94. The Morgan fingerprint density at radius 1 is 1.50 bits per heavy atom. The van der Waals surface area contributed by atoms with Crippen molar-refractivity contribution in [2.75, 3.05) is 6.54 Å². The third-order valence-electron chi connectivity index (χ3n) is 2.75. The van der Waals surface area contributed by atoms with Gasteiger partial charge in [-0.05, 0) is 44.4 Å². The van der Waals surface area contributed by atoms with Crippen molar-refractivity contribution < 1.29 is 4.74 Å². The van der Waals surface area contributed by atoms with Crippen molar-refractivity contribution in [1.82, 2.24) is 5.32 Å². The van der Waals surface area contributed by atoms with Gasteiger partial charge in [0.05, 0.1) is 0 Å². The van der Waals surface area contributed by atoms with Gasteiger partial charge >= 0.3 is 0 Å². The van der Waals surface area contributed by atoms with Crippen molar-refractivity contribution in [3.05, 3.63) is 28.8 Å². The second kappa shape index (κ2) is 5.07. The van der Waals surface area contributed by atoms with Crippen LogP contribution in [0.2, 0.25) is 5.02 Å². The lowest BCUT2D eigenvalue weighted by Gasteiger charge is -2.17. The van der Waals surface area contributed by atoms with Crippen LogP contribution in [0.5, 0.6) is 5.75 Å². The number of halogens is 1. The van der Waals surface area contributed by atoms with Crippen molar-refractivity contribution in [3.8, 4) is 5.75 Å². The van der Waals surface area contributed by atoms with Crippen LogP contribution in [0, 0.1) is 6.92 Å². The second-order valence-electron chi connectivity index (χ2n) is 4.52. The van der Waals surface area contributed by atoms with Crippen LogP contribution >= 0.6 is 11.6 Å². The van der Waals surface area contributed by atoms with E-state index in [1.54, 1.807) is 0 Å². The van der Waals surface area contributed by atoms with Crippen LogP contribution in [0.15, 0.2) is 18.2 Å². The van der Waals surface area contributed by atoms with Gasteiger partial charge in [-0.1, -0.05) is 17.7 Å². The molecule has 1 aromatic rings. The van der Waals surface area contributed by atoms with Crippen molar-refractivity contribution in [3.63, 3.8) is 0 Å². The van der Waals surface area contributed by atoms with Gasteiger partial charge in [0.25, 0.3) is 0 Å². The number of aryl methyl sites for hydroxylation is 1. The van der Waals surface area contributed by atoms with Crippen LogP contribution in [0.4, 0.5) is 0 Å². The normalized spacial score (nSPS) is 17.2. The molecule has 3 heteroatoms. The number of benzene rings is 1. The Kier molecular flexibility index (Phi) is 3.72. The number of hydrogen-bond donors (Lipinski definition) is 1. The van der Waals surface area contributed by atoms with Crippen LogP contribution < -0.4 is 10.1 Å². The fourth-order valence-corrected chi connectivity index (χ4v) is 1.74. The van der Waals surface area contributed by atoms with Crippen molar-refractivity contribution in [2.45, 2.75) is 38.8 Å². The third-order valence-corrected chi connectivity index (χ3v) is 2.98. The average molecular weight is 240 g/mol. The lowest BCUT2D eigenvalue weighted by molar-refractivity contribution is 0.215. The summed E-state index contributed by atoms with van der Waals surface area (Å²) in [6.45, 7) is 5.01. The van der Waals surface area contributed by atoms with E-state index in [9.17, 15) is 0 Å². The smallest absolute Gasteiger partial charge is 0.124 e. The van der Waals surface area contributed by atoms with E-state index in [4.69, 9.17) is 16.3 Å². The Labute approximate surface area is 102 Å². The Bertz CT molecular complexity index is 363. The fourth-order valence-electron chi connectivity index (χ4n) is 1.58. The first kappa shape index (κ1) is 11.7. The Morgan fingerprint density at radius 3 is 2.94 bits per heavy atom. The van der Waals surface area contributed by atoms with Crippen LogP contribution in [-0.4, -0.2) is 18.7 Å². The molecule has 16 heavy (non-hydrogen) atoms. The zero-order valence-electron chi connectivity index (χ0n) is 9.79. The molecule has 0 aromatic heterocycles. The van der Waals surface area contributed by atoms with E-state index in [0.717, 1.165) is 28.9 Å². The van der Waals surface area contributed by atoms with Gasteiger partial charge in [0.1, 0.15) is 11.9 Å². The van der Waals surface area contributed by atoms with Gasteiger partial charge in [-0.15, -0.1) is 0 Å². The zero-order chi connectivity index (χ0) is 11.5. The summed E-state index contributed by atoms with van der Waals surface area (Å²) < 4.78 is 5.86. The average Bonchev–Trinajstić information content (AvgIpc) is 3.04. The molecule has 1 aliphatic carbocycles. The molecule has 0 bridgehead atoms. The molecule has 0 spiro atoms. The van der Waals surface area contributed by atoms with E-state index in [-0.39, 0.29) is 6.10 Å². The summed E-state index contributed by atoms with van der Waals surface area (Å²) in [5, 5.41) is 4.18. The minimum absolute atomic E-state index is 0.178. The summed E-state index contributed by atoms with van der Waals surface area (Å²) in [6.07, 6.45) is 2.80. The monoisotopic (exact) mass is 239 g/mol. The van der Waals surface area contributed by atoms with Crippen LogP contribution in [0.25, 0.3) is 0 Å². The molecule has 2 nitrogen and oxygen atoms in total. The summed E-state index contributed by atoms with van der Waals surface area (Å²) in [4.78, 5) is 0. The van der Waals surface area contributed by atoms with Crippen molar-refractivity contribution in [1.29, 1.82) is 0 Å².